The van der Waals surface area contributed by atoms with E-state index >= 15 is 0 Å². The van der Waals surface area contributed by atoms with Crippen LogP contribution in [0, 0.1) is 13.8 Å². The summed E-state index contributed by atoms with van der Waals surface area (Å²) >= 11 is 0. The maximum Gasteiger partial charge on any atom is 0.269 e. The summed E-state index contributed by atoms with van der Waals surface area (Å²) in [5.41, 5.74) is 0.230. The second-order valence-corrected chi connectivity index (χ2v) is 6.27. The highest BCUT2D eigenvalue weighted by Crippen LogP contribution is 2.25. The first-order chi connectivity index (χ1) is 10.8. The van der Waals surface area contributed by atoms with Crippen LogP contribution in [-0.2, 0) is 10.0 Å². The first kappa shape index (κ1) is 16.8. The molecule has 1 aromatic carbocycles. The van der Waals surface area contributed by atoms with Crippen LogP contribution in [0.1, 0.15) is 21.8 Å². The topological polar surface area (TPSA) is 108 Å². The van der Waals surface area contributed by atoms with E-state index < -0.39 is 15.9 Å². The van der Waals surface area contributed by atoms with Crippen molar-refractivity contribution in [1.29, 1.82) is 0 Å². The lowest BCUT2D eigenvalue weighted by atomic mass is 10.2. The molecule has 0 unspecified atom stereocenters. The first-order valence-electron chi connectivity index (χ1n) is 6.52. The summed E-state index contributed by atoms with van der Waals surface area (Å²) < 4.78 is 41.6. The number of nitrogens with one attached hydrogen (secondary N) is 1. The summed E-state index contributed by atoms with van der Waals surface area (Å²) in [6, 6.07) is 4.42. The number of benzene rings is 1. The maximum atomic E-state index is 12.3. The molecule has 1 amide bonds. The molecule has 124 valence electrons. The number of carbonyl (C=O) groups excluding carboxylic acids is 1. The van der Waals surface area contributed by atoms with Crippen molar-refractivity contribution in [2.24, 2.45) is 0 Å². The zero-order valence-corrected chi connectivity index (χ0v) is 13.9. The summed E-state index contributed by atoms with van der Waals surface area (Å²) in [7, 11) is -1.27. The van der Waals surface area contributed by atoms with Gasteiger partial charge in [-0.15, -0.1) is 0 Å². The van der Waals surface area contributed by atoms with Crippen molar-refractivity contribution >= 4 is 15.9 Å². The largest absolute Gasteiger partial charge is 0.497 e. The fourth-order valence-electron chi connectivity index (χ4n) is 2.07. The maximum absolute atomic E-state index is 12.3. The van der Waals surface area contributed by atoms with Gasteiger partial charge in [0.25, 0.3) is 15.9 Å². The van der Waals surface area contributed by atoms with Gasteiger partial charge in [0, 0.05) is 6.07 Å². The third-order valence-electron chi connectivity index (χ3n) is 3.12. The highest BCUT2D eigenvalue weighted by Gasteiger charge is 2.27. The highest BCUT2D eigenvalue weighted by molar-refractivity contribution is 7.90. The molecular weight excluding hydrogens is 324 g/mol. The van der Waals surface area contributed by atoms with Crippen molar-refractivity contribution in [1.82, 2.24) is 9.88 Å². The van der Waals surface area contributed by atoms with Crippen molar-refractivity contribution in [2.45, 2.75) is 18.7 Å². The van der Waals surface area contributed by atoms with Crippen LogP contribution in [0.25, 0.3) is 0 Å². The summed E-state index contributed by atoms with van der Waals surface area (Å²) in [5.74, 6) is -0.0585. The second-order valence-electron chi connectivity index (χ2n) is 4.65. The van der Waals surface area contributed by atoms with Gasteiger partial charge in [-0.3, -0.25) is 4.79 Å². The van der Waals surface area contributed by atoms with Crippen molar-refractivity contribution in [3.8, 4) is 11.5 Å². The molecule has 1 N–H and O–H groups in total. The summed E-state index contributed by atoms with van der Waals surface area (Å²) in [6.07, 6.45) is 0. The molecule has 0 saturated heterocycles. The van der Waals surface area contributed by atoms with Gasteiger partial charge in [0.05, 0.1) is 19.8 Å². The van der Waals surface area contributed by atoms with Gasteiger partial charge in [-0.25, -0.2) is 13.1 Å². The van der Waals surface area contributed by atoms with E-state index in [0.717, 1.165) is 0 Å². The molecule has 2 rings (SSSR count). The summed E-state index contributed by atoms with van der Waals surface area (Å²) in [5, 5.41) is 3.57. The molecule has 0 radical (unpaired) electrons. The minimum absolute atomic E-state index is 0.0589. The third kappa shape index (κ3) is 3.29. The first-order valence-corrected chi connectivity index (χ1v) is 8.00. The molecule has 0 atom stereocenters. The molecule has 1 aromatic heterocycles. The SMILES string of the molecule is COc1ccc(C(=O)NS(=O)(=O)c2c(C)noc2C)c(OC)c1. The molecule has 0 saturated carbocycles. The van der Waals surface area contributed by atoms with Crippen molar-refractivity contribution in [2.75, 3.05) is 14.2 Å². The molecule has 1 heterocycles. The van der Waals surface area contributed by atoms with E-state index in [1.54, 1.807) is 0 Å². The average molecular weight is 340 g/mol. The van der Waals surface area contributed by atoms with Crippen LogP contribution in [0.3, 0.4) is 0 Å². The molecule has 0 aliphatic carbocycles. The summed E-state index contributed by atoms with van der Waals surface area (Å²) in [4.78, 5) is 12.1. The van der Waals surface area contributed by atoms with Gasteiger partial charge < -0.3 is 14.0 Å². The Morgan fingerprint density at radius 2 is 1.91 bits per heavy atom. The molecule has 23 heavy (non-hydrogen) atoms. The monoisotopic (exact) mass is 340 g/mol. The van der Waals surface area contributed by atoms with Gasteiger partial charge in [0.15, 0.2) is 10.7 Å². The van der Waals surface area contributed by atoms with Crippen LogP contribution < -0.4 is 14.2 Å². The van der Waals surface area contributed by atoms with E-state index in [2.05, 4.69) is 5.16 Å². The predicted octanol–water partition coefficient (Wildman–Crippen LogP) is 1.43. The number of aryl methyl sites for hydroxylation is 2. The smallest absolute Gasteiger partial charge is 0.269 e. The van der Waals surface area contributed by atoms with Gasteiger partial charge >= 0.3 is 0 Å². The Kier molecular flexibility index (Phi) is 4.60. The van der Waals surface area contributed by atoms with Crippen LogP contribution in [0.5, 0.6) is 11.5 Å². The average Bonchev–Trinajstić information content (AvgIpc) is 2.85. The lowest BCUT2D eigenvalue weighted by molar-refractivity contribution is 0.0978. The number of sulfonamides is 1. The van der Waals surface area contributed by atoms with E-state index in [-0.39, 0.29) is 27.7 Å². The number of hydrogen-bond donors (Lipinski definition) is 1. The van der Waals surface area contributed by atoms with Crippen LogP contribution in [0.4, 0.5) is 0 Å². The van der Waals surface area contributed by atoms with Gasteiger partial charge in [-0.1, -0.05) is 5.16 Å². The van der Waals surface area contributed by atoms with E-state index in [4.69, 9.17) is 14.0 Å². The number of amides is 1. The minimum Gasteiger partial charge on any atom is -0.497 e. The van der Waals surface area contributed by atoms with Gasteiger partial charge in [0.1, 0.15) is 17.2 Å². The normalized spacial score (nSPS) is 11.1. The number of hydrogen-bond acceptors (Lipinski definition) is 7. The molecule has 0 spiro atoms. The van der Waals surface area contributed by atoms with Crippen molar-refractivity contribution < 1.29 is 27.2 Å². The van der Waals surface area contributed by atoms with Crippen LogP contribution in [0.2, 0.25) is 0 Å². The van der Waals surface area contributed by atoms with Crippen molar-refractivity contribution in [3.05, 3.63) is 35.2 Å². The number of aromatic nitrogens is 1. The Balaban J connectivity index is 2.36. The zero-order chi connectivity index (χ0) is 17.2. The highest BCUT2D eigenvalue weighted by atomic mass is 32.2. The van der Waals surface area contributed by atoms with Crippen LogP contribution in [0.15, 0.2) is 27.6 Å². The lowest BCUT2D eigenvalue weighted by Gasteiger charge is -2.11. The zero-order valence-electron chi connectivity index (χ0n) is 13.0. The summed E-state index contributed by atoms with van der Waals surface area (Å²) in [6.45, 7) is 2.93. The van der Waals surface area contributed by atoms with Gasteiger partial charge in [-0.2, -0.15) is 0 Å². The van der Waals surface area contributed by atoms with Gasteiger partial charge in [-0.05, 0) is 26.0 Å². The molecular formula is C14H16N2O6S. The van der Waals surface area contributed by atoms with Gasteiger partial charge in [0.2, 0.25) is 0 Å². The Labute approximate surface area is 133 Å². The van der Waals surface area contributed by atoms with E-state index in [9.17, 15) is 13.2 Å². The lowest BCUT2D eigenvalue weighted by Crippen LogP contribution is -2.31. The quantitative estimate of drug-likeness (QED) is 0.877. The Hall–Kier alpha value is -2.55. The van der Waals surface area contributed by atoms with Crippen LogP contribution in [-0.4, -0.2) is 33.7 Å². The number of nitrogens with zero attached hydrogens (tertiary/aromatic N) is 1. The molecule has 0 aliphatic rings. The predicted molar refractivity (Wildman–Crippen MR) is 80.2 cm³/mol. The number of rotatable bonds is 5. The fraction of sp³-hybridized carbons (Fsp3) is 0.286. The number of ether oxygens (including phenoxy) is 2. The molecule has 0 fully saturated rings. The number of carbonyl (C=O) groups is 1. The van der Waals surface area contributed by atoms with Crippen molar-refractivity contribution in [3.63, 3.8) is 0 Å². The molecule has 0 bridgehead atoms. The molecule has 9 heteroatoms. The van der Waals surface area contributed by atoms with Crippen LogP contribution >= 0.6 is 0 Å². The standard InChI is InChI=1S/C14H16N2O6S/c1-8-13(9(2)22-15-8)23(18,19)16-14(17)11-6-5-10(20-3)7-12(11)21-4/h5-7H,1-4H3,(H,16,17). The van der Waals surface area contributed by atoms with E-state index in [1.807, 2.05) is 4.72 Å². The number of methoxy groups -OCH3 is 2. The molecule has 2 aromatic rings. The molecule has 8 nitrogen and oxygen atoms in total. The van der Waals surface area contributed by atoms with E-state index in [0.29, 0.717) is 5.75 Å². The fourth-order valence-corrected chi connectivity index (χ4v) is 3.37. The Morgan fingerprint density at radius 3 is 2.43 bits per heavy atom. The molecule has 0 aliphatic heterocycles. The Bertz CT molecular complexity index is 821. The Morgan fingerprint density at radius 1 is 1.22 bits per heavy atom. The minimum atomic E-state index is -4.11. The van der Waals surface area contributed by atoms with E-state index in [1.165, 1.54) is 46.3 Å². The second kappa shape index (κ2) is 6.29. The third-order valence-corrected chi connectivity index (χ3v) is 4.69.